The standard InChI is InChI=1S/C15H20ClN3O/c1-15(2,3)7-11(9-18)14(20)19-12-5-4-10(8-17)13(16)6-12/h4-6,11H,7,9,18H2,1-3H3,(H,19,20). The van der Waals surface area contributed by atoms with Crippen molar-refractivity contribution in [3.8, 4) is 6.07 Å². The van der Waals surface area contributed by atoms with Gasteiger partial charge >= 0.3 is 0 Å². The number of hydrogen-bond donors (Lipinski definition) is 2. The van der Waals surface area contributed by atoms with Crippen LogP contribution in [-0.4, -0.2) is 12.5 Å². The molecule has 0 aliphatic rings. The summed E-state index contributed by atoms with van der Waals surface area (Å²) in [6.45, 7) is 6.51. The number of carbonyl (C=O) groups is 1. The lowest BCUT2D eigenvalue weighted by atomic mass is 9.84. The van der Waals surface area contributed by atoms with Gasteiger partial charge in [0, 0.05) is 12.2 Å². The van der Waals surface area contributed by atoms with Crippen LogP contribution in [-0.2, 0) is 4.79 Å². The van der Waals surface area contributed by atoms with Gasteiger partial charge in [0.15, 0.2) is 0 Å². The molecule has 0 aromatic heterocycles. The highest BCUT2D eigenvalue weighted by molar-refractivity contribution is 6.32. The number of nitrogens with one attached hydrogen (secondary N) is 1. The zero-order valence-electron chi connectivity index (χ0n) is 12.0. The van der Waals surface area contributed by atoms with Crippen molar-refractivity contribution in [3.05, 3.63) is 28.8 Å². The number of nitrogens with zero attached hydrogens (tertiary/aromatic N) is 1. The summed E-state index contributed by atoms with van der Waals surface area (Å²) in [5.74, 6) is -0.368. The molecular weight excluding hydrogens is 274 g/mol. The minimum absolute atomic E-state index is 0.0314. The van der Waals surface area contributed by atoms with Gasteiger partial charge in [-0.3, -0.25) is 4.79 Å². The molecule has 20 heavy (non-hydrogen) atoms. The first-order chi connectivity index (χ1) is 9.26. The Morgan fingerprint density at radius 3 is 2.60 bits per heavy atom. The van der Waals surface area contributed by atoms with Crippen LogP contribution in [0.15, 0.2) is 18.2 Å². The van der Waals surface area contributed by atoms with Crippen LogP contribution in [0.3, 0.4) is 0 Å². The van der Waals surface area contributed by atoms with Crippen LogP contribution in [0.5, 0.6) is 0 Å². The number of amides is 1. The van der Waals surface area contributed by atoms with Crippen LogP contribution < -0.4 is 11.1 Å². The molecule has 1 unspecified atom stereocenters. The van der Waals surface area contributed by atoms with Gasteiger partial charge in [-0.05, 0) is 30.0 Å². The fraction of sp³-hybridized carbons (Fsp3) is 0.467. The van der Waals surface area contributed by atoms with E-state index in [4.69, 9.17) is 22.6 Å². The molecule has 5 heteroatoms. The summed E-state index contributed by atoms with van der Waals surface area (Å²) in [6, 6.07) is 6.79. The lowest BCUT2D eigenvalue weighted by Crippen LogP contribution is -2.32. The summed E-state index contributed by atoms with van der Waals surface area (Å²) >= 11 is 5.93. The smallest absolute Gasteiger partial charge is 0.228 e. The second-order valence-corrected chi connectivity index (χ2v) is 6.40. The summed E-state index contributed by atoms with van der Waals surface area (Å²) in [4.78, 5) is 12.2. The molecule has 0 spiro atoms. The highest BCUT2D eigenvalue weighted by Gasteiger charge is 2.23. The topological polar surface area (TPSA) is 78.9 Å². The fourth-order valence-corrected chi connectivity index (χ4v) is 2.17. The van der Waals surface area contributed by atoms with Gasteiger partial charge in [0.05, 0.1) is 16.5 Å². The third-order valence-electron chi connectivity index (χ3n) is 2.87. The van der Waals surface area contributed by atoms with Gasteiger partial charge in [-0.2, -0.15) is 5.26 Å². The van der Waals surface area contributed by atoms with E-state index in [1.54, 1.807) is 18.2 Å². The molecule has 1 rings (SSSR count). The van der Waals surface area contributed by atoms with Gasteiger partial charge in [0.25, 0.3) is 0 Å². The molecule has 1 amide bonds. The van der Waals surface area contributed by atoms with Crippen LogP contribution in [0.4, 0.5) is 5.69 Å². The number of anilines is 1. The number of benzene rings is 1. The normalized spacial score (nSPS) is 12.6. The molecule has 1 aromatic carbocycles. The van der Waals surface area contributed by atoms with Crippen molar-refractivity contribution < 1.29 is 4.79 Å². The van der Waals surface area contributed by atoms with E-state index in [1.165, 1.54) is 0 Å². The minimum Gasteiger partial charge on any atom is -0.330 e. The Balaban J connectivity index is 2.79. The third kappa shape index (κ3) is 4.84. The minimum atomic E-state index is -0.246. The molecule has 0 saturated carbocycles. The molecule has 4 nitrogen and oxygen atoms in total. The van der Waals surface area contributed by atoms with Gasteiger partial charge in [0.2, 0.25) is 5.91 Å². The quantitative estimate of drug-likeness (QED) is 0.895. The van der Waals surface area contributed by atoms with E-state index in [0.717, 1.165) is 0 Å². The lowest BCUT2D eigenvalue weighted by Gasteiger charge is -2.24. The van der Waals surface area contributed by atoms with Crippen molar-refractivity contribution in [2.75, 3.05) is 11.9 Å². The largest absolute Gasteiger partial charge is 0.330 e. The predicted octanol–water partition coefficient (Wildman–Crippen LogP) is 3.16. The van der Waals surface area contributed by atoms with Crippen LogP contribution >= 0.6 is 11.6 Å². The second-order valence-electron chi connectivity index (χ2n) is 5.99. The zero-order chi connectivity index (χ0) is 15.3. The highest BCUT2D eigenvalue weighted by atomic mass is 35.5. The molecule has 0 radical (unpaired) electrons. The summed E-state index contributed by atoms with van der Waals surface area (Å²) < 4.78 is 0. The Kier molecular flexibility index (Phi) is 5.55. The summed E-state index contributed by atoms with van der Waals surface area (Å²) in [5.41, 5.74) is 6.67. The van der Waals surface area contributed by atoms with Crippen LogP contribution in [0.25, 0.3) is 0 Å². The first kappa shape index (κ1) is 16.5. The number of nitriles is 1. The molecule has 0 saturated heterocycles. The maximum Gasteiger partial charge on any atom is 0.228 e. The highest BCUT2D eigenvalue weighted by Crippen LogP contribution is 2.26. The number of hydrogen-bond acceptors (Lipinski definition) is 3. The number of carbonyl (C=O) groups excluding carboxylic acids is 1. The Labute approximate surface area is 124 Å². The SMILES string of the molecule is CC(C)(C)CC(CN)C(=O)Nc1ccc(C#N)c(Cl)c1. The molecule has 1 atom stereocenters. The Hall–Kier alpha value is -1.57. The van der Waals surface area contributed by atoms with Crippen molar-refractivity contribution in [2.24, 2.45) is 17.1 Å². The van der Waals surface area contributed by atoms with E-state index in [1.807, 2.05) is 6.07 Å². The summed E-state index contributed by atoms with van der Waals surface area (Å²) in [6.07, 6.45) is 0.708. The van der Waals surface area contributed by atoms with Crippen LogP contribution in [0.2, 0.25) is 5.02 Å². The van der Waals surface area contributed by atoms with Gasteiger partial charge in [-0.15, -0.1) is 0 Å². The first-order valence-corrected chi connectivity index (χ1v) is 6.85. The summed E-state index contributed by atoms with van der Waals surface area (Å²) in [7, 11) is 0. The van der Waals surface area contributed by atoms with E-state index < -0.39 is 0 Å². The molecule has 3 N–H and O–H groups in total. The van der Waals surface area contributed by atoms with Crippen LogP contribution in [0, 0.1) is 22.7 Å². The molecule has 0 aliphatic carbocycles. The van der Waals surface area contributed by atoms with Gasteiger partial charge in [-0.1, -0.05) is 32.4 Å². The number of nitrogens with two attached hydrogens (primary N) is 1. The van der Waals surface area contributed by atoms with E-state index in [0.29, 0.717) is 29.2 Å². The Morgan fingerprint density at radius 2 is 2.15 bits per heavy atom. The van der Waals surface area contributed by atoms with Gasteiger partial charge < -0.3 is 11.1 Å². The molecule has 108 valence electrons. The van der Waals surface area contributed by atoms with Crippen molar-refractivity contribution in [3.63, 3.8) is 0 Å². The average Bonchev–Trinajstić information content (AvgIpc) is 2.35. The van der Waals surface area contributed by atoms with E-state index in [-0.39, 0.29) is 17.2 Å². The monoisotopic (exact) mass is 293 g/mol. The lowest BCUT2D eigenvalue weighted by molar-refractivity contribution is -0.120. The molecule has 1 aromatic rings. The first-order valence-electron chi connectivity index (χ1n) is 6.47. The van der Waals surface area contributed by atoms with Crippen LogP contribution in [0.1, 0.15) is 32.8 Å². The summed E-state index contributed by atoms with van der Waals surface area (Å²) in [5, 5.41) is 11.9. The fourth-order valence-electron chi connectivity index (χ4n) is 1.95. The average molecular weight is 294 g/mol. The Bertz CT molecular complexity index is 529. The molecule has 0 aliphatic heterocycles. The van der Waals surface area contributed by atoms with Gasteiger partial charge in [0.1, 0.15) is 6.07 Å². The van der Waals surface area contributed by atoms with Crippen molar-refractivity contribution in [2.45, 2.75) is 27.2 Å². The van der Waals surface area contributed by atoms with E-state index in [9.17, 15) is 4.79 Å². The Morgan fingerprint density at radius 1 is 1.50 bits per heavy atom. The van der Waals surface area contributed by atoms with Crippen molar-refractivity contribution >= 4 is 23.2 Å². The van der Waals surface area contributed by atoms with Crippen molar-refractivity contribution in [1.82, 2.24) is 0 Å². The molecular formula is C15H20ClN3O. The van der Waals surface area contributed by atoms with Gasteiger partial charge in [-0.25, -0.2) is 0 Å². The maximum atomic E-state index is 12.2. The zero-order valence-corrected chi connectivity index (χ0v) is 12.8. The van der Waals surface area contributed by atoms with E-state index in [2.05, 4.69) is 26.1 Å². The van der Waals surface area contributed by atoms with Crippen molar-refractivity contribution in [1.29, 1.82) is 5.26 Å². The molecule has 0 bridgehead atoms. The maximum absolute atomic E-state index is 12.2. The predicted molar refractivity (Wildman–Crippen MR) is 81.4 cm³/mol. The number of rotatable bonds is 4. The molecule has 0 heterocycles. The second kappa shape index (κ2) is 6.74. The van der Waals surface area contributed by atoms with E-state index >= 15 is 0 Å². The number of halogens is 1. The molecule has 0 fully saturated rings. The third-order valence-corrected chi connectivity index (χ3v) is 3.18.